The number of rotatable bonds is 1. The molecule has 0 saturated heterocycles. The van der Waals surface area contributed by atoms with Crippen molar-refractivity contribution in [2.45, 2.75) is 79.1 Å². The number of allylic oxidation sites excluding steroid dienone is 2. The van der Waals surface area contributed by atoms with Crippen LogP contribution in [0.25, 0.3) is 0 Å². The summed E-state index contributed by atoms with van der Waals surface area (Å²) in [4.78, 5) is 0. The molecule has 1 nitrogen and oxygen atoms in total. The second-order valence-electron chi connectivity index (χ2n) is 10.3. The molecule has 1 spiro atoms. The molecule has 0 heterocycles. The minimum absolute atomic E-state index is 0.153. The van der Waals surface area contributed by atoms with Gasteiger partial charge in [0.2, 0.25) is 0 Å². The third kappa shape index (κ3) is 1.55. The van der Waals surface area contributed by atoms with Crippen molar-refractivity contribution in [2.24, 2.45) is 33.0 Å². The van der Waals surface area contributed by atoms with Gasteiger partial charge in [-0.05, 0) is 77.9 Å². The summed E-state index contributed by atoms with van der Waals surface area (Å²) in [5, 5.41) is 10.1. The molecular weight excluding hydrogens is 268 g/mol. The average molecular weight is 303 g/mol. The van der Waals surface area contributed by atoms with Crippen molar-refractivity contribution in [1.29, 1.82) is 0 Å². The summed E-state index contributed by atoms with van der Waals surface area (Å²) in [5.74, 6) is 0.702. The Hall–Kier alpha value is -0.300. The second kappa shape index (κ2) is 4.21. The minimum atomic E-state index is 0.153. The molecule has 6 unspecified atom stereocenters. The van der Waals surface area contributed by atoms with E-state index in [1.807, 2.05) is 0 Å². The van der Waals surface area contributed by atoms with Gasteiger partial charge < -0.3 is 5.11 Å². The monoisotopic (exact) mass is 302 g/mol. The highest BCUT2D eigenvalue weighted by Crippen LogP contribution is 2.77. The van der Waals surface area contributed by atoms with Gasteiger partial charge in [-0.1, -0.05) is 46.3 Å². The molecule has 3 saturated carbocycles. The Balaban J connectivity index is 1.81. The number of aliphatic hydroxyl groups is 1. The number of hydrogen-bond donors (Lipinski definition) is 1. The predicted molar refractivity (Wildman–Crippen MR) is 91.5 cm³/mol. The predicted octanol–water partition coefficient (Wildman–Crippen LogP) is 5.34. The third-order valence-corrected chi connectivity index (χ3v) is 9.37. The minimum Gasteiger partial charge on any atom is -0.396 e. The van der Waals surface area contributed by atoms with Crippen molar-refractivity contribution in [3.8, 4) is 0 Å². The van der Waals surface area contributed by atoms with Crippen LogP contribution in [0.3, 0.4) is 0 Å². The van der Waals surface area contributed by atoms with Crippen LogP contribution in [-0.4, -0.2) is 11.7 Å². The van der Waals surface area contributed by atoms with E-state index in [0.717, 1.165) is 0 Å². The van der Waals surface area contributed by atoms with E-state index in [-0.39, 0.29) is 5.41 Å². The van der Waals surface area contributed by atoms with Gasteiger partial charge in [0.1, 0.15) is 0 Å². The van der Waals surface area contributed by atoms with Crippen molar-refractivity contribution in [2.75, 3.05) is 6.61 Å². The first-order valence-electron chi connectivity index (χ1n) is 9.54. The molecule has 22 heavy (non-hydrogen) atoms. The van der Waals surface area contributed by atoms with Gasteiger partial charge in [0.15, 0.2) is 0 Å². The Labute approximate surface area is 136 Å². The molecule has 4 rings (SSSR count). The molecule has 124 valence electrons. The zero-order chi connectivity index (χ0) is 15.9. The summed E-state index contributed by atoms with van der Waals surface area (Å²) in [6.45, 7) is 10.4. The van der Waals surface area contributed by atoms with Gasteiger partial charge in [0.25, 0.3) is 0 Å². The van der Waals surface area contributed by atoms with Gasteiger partial charge in [-0.25, -0.2) is 0 Å². The van der Waals surface area contributed by atoms with E-state index in [0.29, 0.717) is 34.2 Å². The molecule has 0 aliphatic heterocycles. The van der Waals surface area contributed by atoms with E-state index >= 15 is 0 Å². The van der Waals surface area contributed by atoms with Crippen LogP contribution in [0.2, 0.25) is 0 Å². The second-order valence-corrected chi connectivity index (χ2v) is 10.3. The molecule has 0 aromatic rings. The zero-order valence-electron chi connectivity index (χ0n) is 15.0. The highest BCUT2D eigenvalue weighted by molar-refractivity contribution is 5.29. The van der Waals surface area contributed by atoms with Crippen LogP contribution in [0.4, 0.5) is 0 Å². The lowest BCUT2D eigenvalue weighted by Crippen LogP contribution is -2.63. The number of aliphatic hydroxyl groups excluding tert-OH is 1. The van der Waals surface area contributed by atoms with Crippen molar-refractivity contribution in [1.82, 2.24) is 0 Å². The van der Waals surface area contributed by atoms with Crippen molar-refractivity contribution < 1.29 is 5.11 Å². The SMILES string of the molecule is CC12C=CC3(CCC4C(C)(CO)CCCC4(C)C3(C)CC1)C2. The lowest BCUT2D eigenvalue weighted by molar-refractivity contribution is -0.208. The standard InChI is InChI=1S/C21H34O/c1-17-10-12-20(4)19(3)8-5-7-18(2,15-22)16(19)6-9-21(20,14-17)13-11-17/h11,13,16,22H,5-10,12,14-15H2,1-4H3. The maximum atomic E-state index is 10.1. The highest BCUT2D eigenvalue weighted by Gasteiger charge is 2.69. The van der Waals surface area contributed by atoms with Crippen LogP contribution >= 0.6 is 0 Å². The van der Waals surface area contributed by atoms with E-state index in [4.69, 9.17) is 0 Å². The summed E-state index contributed by atoms with van der Waals surface area (Å²) in [7, 11) is 0. The molecule has 0 radical (unpaired) electrons. The Morgan fingerprint density at radius 3 is 2.45 bits per heavy atom. The van der Waals surface area contributed by atoms with Gasteiger partial charge in [-0.15, -0.1) is 0 Å². The van der Waals surface area contributed by atoms with Gasteiger partial charge in [-0.3, -0.25) is 0 Å². The van der Waals surface area contributed by atoms with Gasteiger partial charge >= 0.3 is 0 Å². The Morgan fingerprint density at radius 1 is 0.955 bits per heavy atom. The van der Waals surface area contributed by atoms with E-state index in [1.54, 1.807) is 0 Å². The van der Waals surface area contributed by atoms with Crippen molar-refractivity contribution in [3.05, 3.63) is 12.2 Å². The zero-order valence-corrected chi connectivity index (χ0v) is 15.0. The van der Waals surface area contributed by atoms with Crippen molar-refractivity contribution >= 4 is 0 Å². The molecular formula is C21H34O. The number of fused-ring (bicyclic) bond motifs is 3. The topological polar surface area (TPSA) is 20.2 Å². The van der Waals surface area contributed by atoms with Gasteiger partial charge in [-0.2, -0.15) is 0 Å². The molecule has 1 N–H and O–H groups in total. The van der Waals surface area contributed by atoms with Gasteiger partial charge in [0, 0.05) is 6.61 Å². The fourth-order valence-electron chi connectivity index (χ4n) is 7.73. The van der Waals surface area contributed by atoms with E-state index in [1.165, 1.54) is 51.4 Å². The maximum Gasteiger partial charge on any atom is 0.0487 e. The van der Waals surface area contributed by atoms with Crippen LogP contribution in [-0.2, 0) is 0 Å². The first-order chi connectivity index (χ1) is 10.2. The van der Waals surface area contributed by atoms with Gasteiger partial charge in [0.05, 0.1) is 0 Å². The summed E-state index contributed by atoms with van der Waals surface area (Å²) < 4.78 is 0. The van der Waals surface area contributed by atoms with E-state index < -0.39 is 0 Å². The summed E-state index contributed by atoms with van der Waals surface area (Å²) in [6, 6.07) is 0. The normalized spacial score (nSPS) is 60.0. The summed E-state index contributed by atoms with van der Waals surface area (Å²) in [5.41, 5.74) is 1.89. The number of hydrogen-bond acceptors (Lipinski definition) is 1. The molecule has 4 aliphatic carbocycles. The van der Waals surface area contributed by atoms with Crippen LogP contribution in [0.5, 0.6) is 0 Å². The first-order valence-corrected chi connectivity index (χ1v) is 9.54. The largest absolute Gasteiger partial charge is 0.396 e. The Bertz CT molecular complexity index is 524. The summed E-state index contributed by atoms with van der Waals surface area (Å²) in [6.07, 6.45) is 15.9. The van der Waals surface area contributed by atoms with E-state index in [2.05, 4.69) is 39.8 Å². The average Bonchev–Trinajstić information content (AvgIpc) is 2.77. The van der Waals surface area contributed by atoms with Crippen LogP contribution in [0.15, 0.2) is 12.2 Å². The fourth-order valence-corrected chi connectivity index (χ4v) is 7.73. The third-order valence-electron chi connectivity index (χ3n) is 9.37. The van der Waals surface area contributed by atoms with Crippen molar-refractivity contribution in [3.63, 3.8) is 0 Å². The Kier molecular flexibility index (Phi) is 2.91. The lowest BCUT2D eigenvalue weighted by Gasteiger charge is -2.70. The first kappa shape index (κ1) is 15.2. The molecule has 2 bridgehead atoms. The highest BCUT2D eigenvalue weighted by atomic mass is 16.3. The maximum absolute atomic E-state index is 10.1. The van der Waals surface area contributed by atoms with Crippen LogP contribution in [0, 0.1) is 33.0 Å². The molecule has 3 fully saturated rings. The molecule has 1 heteroatoms. The molecule has 4 aliphatic rings. The molecule has 0 amide bonds. The smallest absolute Gasteiger partial charge is 0.0487 e. The Morgan fingerprint density at radius 2 is 1.73 bits per heavy atom. The summed E-state index contributed by atoms with van der Waals surface area (Å²) >= 11 is 0. The fraction of sp³-hybridized carbons (Fsp3) is 0.905. The molecule has 0 aromatic heterocycles. The van der Waals surface area contributed by atoms with E-state index in [9.17, 15) is 5.11 Å². The molecule has 6 atom stereocenters. The quantitative estimate of drug-likeness (QED) is 0.648. The molecule has 0 aromatic carbocycles. The van der Waals surface area contributed by atoms with Crippen LogP contribution in [0.1, 0.15) is 79.1 Å². The lowest BCUT2D eigenvalue weighted by atomic mass is 9.34. The van der Waals surface area contributed by atoms with Crippen LogP contribution < -0.4 is 0 Å².